The molecule has 2 heterocycles. The van der Waals surface area contributed by atoms with Crippen molar-refractivity contribution in [2.75, 3.05) is 26.7 Å². The van der Waals surface area contributed by atoms with Crippen molar-refractivity contribution in [1.82, 2.24) is 20.2 Å². The Balaban J connectivity index is 1.36. The Morgan fingerprint density at radius 1 is 1.16 bits per heavy atom. The number of carbonyl (C=O) groups excluding carboxylic acids is 2. The summed E-state index contributed by atoms with van der Waals surface area (Å²) in [6.45, 7) is 2.18. The molecule has 0 spiro atoms. The quantitative estimate of drug-likeness (QED) is 0.548. The SMILES string of the molecule is COc1nc(-c2ccccc2)nc2c1CCC(C(=O)NCCCN1CCCC1=O)CC2. The van der Waals surface area contributed by atoms with Gasteiger partial charge in [-0.2, -0.15) is 4.98 Å². The number of amides is 2. The standard InChI is InChI=1S/C24H30N4O3/c1-31-24-19-12-10-18(23(30)25-14-6-16-28-15-5-9-21(28)29)11-13-20(19)26-22(27-24)17-7-3-2-4-8-17/h2-4,7-8,18H,5-6,9-16H2,1H3,(H,25,30). The van der Waals surface area contributed by atoms with Crippen LogP contribution in [0.25, 0.3) is 11.4 Å². The van der Waals surface area contributed by atoms with E-state index in [0.29, 0.717) is 24.7 Å². The Bertz CT molecular complexity index is 932. The van der Waals surface area contributed by atoms with Gasteiger partial charge in [0.25, 0.3) is 0 Å². The lowest BCUT2D eigenvalue weighted by molar-refractivity contribution is -0.127. The molecule has 2 aliphatic rings. The summed E-state index contributed by atoms with van der Waals surface area (Å²) in [7, 11) is 1.64. The van der Waals surface area contributed by atoms with Crippen molar-refractivity contribution in [3.05, 3.63) is 41.6 Å². The van der Waals surface area contributed by atoms with Crippen molar-refractivity contribution in [2.45, 2.75) is 44.9 Å². The van der Waals surface area contributed by atoms with Gasteiger partial charge in [0, 0.05) is 43.1 Å². The summed E-state index contributed by atoms with van der Waals surface area (Å²) >= 11 is 0. The molecule has 1 aromatic heterocycles. The average molecular weight is 423 g/mol. The first-order valence-corrected chi connectivity index (χ1v) is 11.2. The molecule has 2 amide bonds. The van der Waals surface area contributed by atoms with Gasteiger partial charge in [-0.1, -0.05) is 30.3 Å². The lowest BCUT2D eigenvalue weighted by atomic mass is 9.99. The lowest BCUT2D eigenvalue weighted by Crippen LogP contribution is -2.34. The molecular formula is C24H30N4O3. The summed E-state index contributed by atoms with van der Waals surface area (Å²) < 4.78 is 5.58. The number of hydrogen-bond acceptors (Lipinski definition) is 5. The van der Waals surface area contributed by atoms with Gasteiger partial charge in [-0.25, -0.2) is 4.98 Å². The minimum Gasteiger partial charge on any atom is -0.481 e. The predicted octanol–water partition coefficient (Wildman–Crippen LogP) is 2.78. The van der Waals surface area contributed by atoms with E-state index in [0.717, 1.165) is 68.4 Å². The van der Waals surface area contributed by atoms with Crippen LogP contribution in [0, 0.1) is 5.92 Å². The Morgan fingerprint density at radius 2 is 1.97 bits per heavy atom. The highest BCUT2D eigenvalue weighted by molar-refractivity contribution is 5.79. The number of nitrogens with zero attached hydrogens (tertiary/aromatic N) is 3. The minimum atomic E-state index is -0.0486. The largest absolute Gasteiger partial charge is 0.481 e. The maximum Gasteiger partial charge on any atom is 0.223 e. The second kappa shape index (κ2) is 9.90. The van der Waals surface area contributed by atoms with Crippen molar-refractivity contribution < 1.29 is 14.3 Å². The maximum atomic E-state index is 12.7. The smallest absolute Gasteiger partial charge is 0.223 e. The van der Waals surface area contributed by atoms with Crippen molar-refractivity contribution >= 4 is 11.8 Å². The molecule has 1 aromatic carbocycles. The highest BCUT2D eigenvalue weighted by Crippen LogP contribution is 2.31. The molecule has 0 saturated carbocycles. The third-order valence-corrected chi connectivity index (χ3v) is 6.20. The molecule has 7 heteroatoms. The fourth-order valence-electron chi connectivity index (χ4n) is 4.45. The van der Waals surface area contributed by atoms with E-state index in [1.165, 1.54) is 0 Å². The molecule has 1 N–H and O–H groups in total. The molecule has 1 atom stereocenters. The predicted molar refractivity (Wildman–Crippen MR) is 118 cm³/mol. The van der Waals surface area contributed by atoms with Crippen LogP contribution in [0.5, 0.6) is 5.88 Å². The second-order valence-corrected chi connectivity index (χ2v) is 8.25. The number of benzene rings is 1. The Morgan fingerprint density at radius 3 is 2.71 bits per heavy atom. The van der Waals surface area contributed by atoms with E-state index in [-0.39, 0.29) is 17.7 Å². The zero-order valence-electron chi connectivity index (χ0n) is 18.1. The van der Waals surface area contributed by atoms with E-state index < -0.39 is 0 Å². The molecule has 2 aromatic rings. The van der Waals surface area contributed by atoms with Crippen LogP contribution in [0.4, 0.5) is 0 Å². The molecule has 1 unspecified atom stereocenters. The fraction of sp³-hybridized carbons (Fsp3) is 0.500. The van der Waals surface area contributed by atoms with Crippen molar-refractivity contribution in [3.63, 3.8) is 0 Å². The highest BCUT2D eigenvalue weighted by Gasteiger charge is 2.26. The summed E-state index contributed by atoms with van der Waals surface area (Å²) in [6.07, 6.45) is 5.39. The van der Waals surface area contributed by atoms with Crippen LogP contribution in [-0.2, 0) is 22.4 Å². The summed E-state index contributed by atoms with van der Waals surface area (Å²) in [6, 6.07) is 9.89. The van der Waals surface area contributed by atoms with Gasteiger partial charge >= 0.3 is 0 Å². The molecule has 1 fully saturated rings. The van der Waals surface area contributed by atoms with Crippen molar-refractivity contribution in [3.8, 4) is 17.3 Å². The second-order valence-electron chi connectivity index (χ2n) is 8.25. The zero-order chi connectivity index (χ0) is 21.6. The third-order valence-electron chi connectivity index (χ3n) is 6.20. The molecule has 1 saturated heterocycles. The van der Waals surface area contributed by atoms with E-state index in [1.54, 1.807) is 7.11 Å². The summed E-state index contributed by atoms with van der Waals surface area (Å²) in [5, 5.41) is 3.07. The molecular weight excluding hydrogens is 392 g/mol. The van der Waals surface area contributed by atoms with Gasteiger partial charge in [0.05, 0.1) is 12.8 Å². The monoisotopic (exact) mass is 422 g/mol. The molecule has 164 valence electrons. The topological polar surface area (TPSA) is 84.4 Å². The molecule has 7 nitrogen and oxygen atoms in total. The first-order chi connectivity index (χ1) is 15.2. The number of hydrogen-bond donors (Lipinski definition) is 1. The zero-order valence-corrected chi connectivity index (χ0v) is 18.1. The van der Waals surface area contributed by atoms with Gasteiger partial charge in [0.15, 0.2) is 5.82 Å². The van der Waals surface area contributed by atoms with Crippen molar-refractivity contribution in [2.24, 2.45) is 5.92 Å². The Hall–Kier alpha value is -2.96. The number of aryl methyl sites for hydroxylation is 1. The van der Waals surface area contributed by atoms with Crippen LogP contribution in [0.1, 0.15) is 43.4 Å². The summed E-state index contributed by atoms with van der Waals surface area (Å²) in [5.41, 5.74) is 2.96. The average Bonchev–Trinajstić information content (AvgIpc) is 3.08. The van der Waals surface area contributed by atoms with Crippen molar-refractivity contribution in [1.29, 1.82) is 0 Å². The Kier molecular flexibility index (Phi) is 6.79. The number of methoxy groups -OCH3 is 1. The van der Waals surface area contributed by atoms with Gasteiger partial charge in [0.2, 0.25) is 17.7 Å². The minimum absolute atomic E-state index is 0.0486. The lowest BCUT2D eigenvalue weighted by Gasteiger charge is -2.17. The van der Waals surface area contributed by atoms with Crippen LogP contribution < -0.4 is 10.1 Å². The molecule has 1 aliphatic heterocycles. The molecule has 4 rings (SSSR count). The van der Waals surface area contributed by atoms with Gasteiger partial charge in [-0.05, 0) is 38.5 Å². The number of carbonyl (C=O) groups is 2. The number of fused-ring (bicyclic) bond motifs is 1. The Labute approximate surface area is 183 Å². The summed E-state index contributed by atoms with van der Waals surface area (Å²) in [4.78, 5) is 35.8. The number of nitrogens with one attached hydrogen (secondary N) is 1. The fourth-order valence-corrected chi connectivity index (χ4v) is 4.45. The van der Waals surface area contributed by atoms with E-state index in [4.69, 9.17) is 9.72 Å². The van der Waals surface area contributed by atoms with Crippen LogP contribution in [0.15, 0.2) is 30.3 Å². The maximum absolute atomic E-state index is 12.7. The number of aromatic nitrogens is 2. The van der Waals surface area contributed by atoms with Gasteiger partial charge < -0.3 is 15.0 Å². The summed E-state index contributed by atoms with van der Waals surface area (Å²) in [5.74, 6) is 1.55. The number of likely N-dealkylation sites (tertiary alicyclic amines) is 1. The first-order valence-electron chi connectivity index (χ1n) is 11.2. The van der Waals surface area contributed by atoms with E-state index in [2.05, 4.69) is 10.3 Å². The normalized spacial score (nSPS) is 18.4. The molecule has 1 aliphatic carbocycles. The first kappa shape index (κ1) is 21.3. The van der Waals surface area contributed by atoms with Crippen LogP contribution in [0.3, 0.4) is 0 Å². The number of rotatable bonds is 7. The number of ether oxygens (including phenoxy) is 1. The van der Waals surface area contributed by atoms with E-state index in [9.17, 15) is 9.59 Å². The molecule has 0 bridgehead atoms. The van der Waals surface area contributed by atoms with Crippen LogP contribution in [-0.4, -0.2) is 53.4 Å². The molecule has 31 heavy (non-hydrogen) atoms. The van der Waals surface area contributed by atoms with Gasteiger partial charge in [0.1, 0.15) is 0 Å². The van der Waals surface area contributed by atoms with E-state index >= 15 is 0 Å². The third kappa shape index (κ3) is 5.03. The van der Waals surface area contributed by atoms with Crippen LogP contribution >= 0.6 is 0 Å². The van der Waals surface area contributed by atoms with Gasteiger partial charge in [-0.3, -0.25) is 9.59 Å². The molecule has 0 radical (unpaired) electrons. The van der Waals surface area contributed by atoms with Crippen LogP contribution in [0.2, 0.25) is 0 Å². The van der Waals surface area contributed by atoms with Gasteiger partial charge in [-0.15, -0.1) is 0 Å². The highest BCUT2D eigenvalue weighted by atomic mass is 16.5. The van der Waals surface area contributed by atoms with E-state index in [1.807, 2.05) is 35.2 Å².